The summed E-state index contributed by atoms with van der Waals surface area (Å²) in [5.74, 6) is -1.36. The van der Waals surface area contributed by atoms with Crippen LogP contribution in [-0.4, -0.2) is 54.7 Å². The van der Waals surface area contributed by atoms with Crippen LogP contribution in [0.1, 0.15) is 81.7 Å². The van der Waals surface area contributed by atoms with Crippen LogP contribution >= 0.6 is 0 Å². The Morgan fingerprint density at radius 2 is 1.05 bits per heavy atom. The first kappa shape index (κ1) is 36.7. The molecule has 0 aliphatic rings. The van der Waals surface area contributed by atoms with Crippen molar-refractivity contribution in [2.24, 2.45) is 29.4 Å². The molecule has 0 saturated heterocycles. The third-order valence-corrected chi connectivity index (χ3v) is 7.23. The van der Waals surface area contributed by atoms with Gasteiger partial charge in [-0.3, -0.25) is 9.59 Å². The van der Waals surface area contributed by atoms with Crippen molar-refractivity contribution in [1.82, 2.24) is 0 Å². The quantitative estimate of drug-likeness (QED) is 0.157. The number of hydrogen-bond acceptors (Lipinski definition) is 11. The number of hydrogen-bond donors (Lipinski definition) is 1. The fraction of sp³-hybridized carbons (Fsp3) is 0.677. The van der Waals surface area contributed by atoms with Crippen molar-refractivity contribution in [3.63, 3.8) is 0 Å². The topological polar surface area (TPSA) is 150 Å². The molecule has 11 heteroatoms. The van der Waals surface area contributed by atoms with Crippen LogP contribution in [0.25, 0.3) is 0 Å². The minimum atomic E-state index is -1.09. The van der Waals surface area contributed by atoms with Gasteiger partial charge in [-0.2, -0.15) is 0 Å². The number of nitrogens with two attached hydrogens (primary N) is 1. The molecule has 0 saturated carbocycles. The maximum Gasteiger partial charge on any atom is 0.514 e. The molecule has 1 aromatic rings. The molecule has 0 heterocycles. The molecule has 1 aromatic carbocycles. The van der Waals surface area contributed by atoms with Crippen molar-refractivity contribution in [3.05, 3.63) is 23.8 Å². The van der Waals surface area contributed by atoms with E-state index in [1.54, 1.807) is 40.7 Å². The molecular weight excluding hydrogens is 546 g/mol. The maximum absolute atomic E-state index is 12.7. The molecule has 11 nitrogen and oxygen atoms in total. The van der Waals surface area contributed by atoms with Crippen molar-refractivity contribution in [2.45, 2.75) is 113 Å². The van der Waals surface area contributed by atoms with Gasteiger partial charge < -0.3 is 34.2 Å². The highest BCUT2D eigenvalue weighted by molar-refractivity contribution is 5.76. The average Bonchev–Trinajstić information content (AvgIpc) is 2.88. The van der Waals surface area contributed by atoms with Gasteiger partial charge in [0.05, 0.1) is 5.92 Å². The Bertz CT molecular complexity index is 1050. The molecule has 0 fully saturated rings. The van der Waals surface area contributed by atoms with Gasteiger partial charge in [0.15, 0.2) is 11.5 Å². The molecule has 6 atom stereocenters. The molecule has 0 bridgehead atoms. The molecule has 0 spiro atoms. The molecule has 4 unspecified atom stereocenters. The Kier molecular flexibility index (Phi) is 14.8. The Labute approximate surface area is 249 Å². The molecule has 42 heavy (non-hydrogen) atoms. The van der Waals surface area contributed by atoms with E-state index >= 15 is 0 Å². The van der Waals surface area contributed by atoms with Gasteiger partial charge in [0.2, 0.25) is 0 Å². The van der Waals surface area contributed by atoms with Gasteiger partial charge in [-0.05, 0) is 69.6 Å². The highest BCUT2D eigenvalue weighted by Gasteiger charge is 2.28. The lowest BCUT2D eigenvalue weighted by atomic mass is 9.98. The third-order valence-electron chi connectivity index (χ3n) is 7.23. The van der Waals surface area contributed by atoms with E-state index in [1.807, 2.05) is 41.5 Å². The summed E-state index contributed by atoms with van der Waals surface area (Å²) in [6.45, 7) is 19.9. The Morgan fingerprint density at radius 1 is 0.595 bits per heavy atom. The third kappa shape index (κ3) is 12.3. The zero-order valence-electron chi connectivity index (χ0n) is 26.8. The normalized spacial score (nSPS) is 15.7. The number of benzene rings is 1. The summed E-state index contributed by atoms with van der Waals surface area (Å²) >= 11 is 0. The molecule has 0 radical (unpaired) electrons. The van der Waals surface area contributed by atoms with E-state index in [4.69, 9.17) is 34.2 Å². The maximum atomic E-state index is 12.7. The molecule has 0 aromatic heterocycles. The molecule has 0 amide bonds. The highest BCUT2D eigenvalue weighted by Crippen LogP contribution is 2.30. The number of rotatable bonds is 14. The molecule has 0 aliphatic heterocycles. The zero-order valence-corrected chi connectivity index (χ0v) is 26.8. The van der Waals surface area contributed by atoms with Crippen molar-refractivity contribution < 1.29 is 47.6 Å². The van der Waals surface area contributed by atoms with Gasteiger partial charge in [0.1, 0.15) is 30.5 Å². The van der Waals surface area contributed by atoms with Gasteiger partial charge in [-0.1, -0.05) is 54.5 Å². The zero-order chi connectivity index (χ0) is 32.3. The van der Waals surface area contributed by atoms with Gasteiger partial charge >= 0.3 is 24.2 Å². The van der Waals surface area contributed by atoms with E-state index in [-0.39, 0.29) is 47.6 Å². The van der Waals surface area contributed by atoms with Crippen LogP contribution in [0.4, 0.5) is 9.59 Å². The van der Waals surface area contributed by atoms with Crippen LogP contribution in [0.3, 0.4) is 0 Å². The van der Waals surface area contributed by atoms with Crippen LogP contribution < -0.4 is 15.2 Å². The van der Waals surface area contributed by atoms with E-state index in [9.17, 15) is 19.2 Å². The van der Waals surface area contributed by atoms with Crippen LogP contribution in [0, 0.1) is 23.7 Å². The van der Waals surface area contributed by atoms with Crippen LogP contribution in [0.5, 0.6) is 11.5 Å². The Morgan fingerprint density at radius 3 is 1.50 bits per heavy atom. The summed E-state index contributed by atoms with van der Waals surface area (Å²) in [5.41, 5.74) is 6.61. The monoisotopic (exact) mass is 595 g/mol. The van der Waals surface area contributed by atoms with Gasteiger partial charge in [-0.15, -0.1) is 0 Å². The summed E-state index contributed by atoms with van der Waals surface area (Å²) < 4.78 is 32.1. The second-order valence-corrected chi connectivity index (χ2v) is 11.7. The number of ether oxygens (including phenoxy) is 6. The lowest BCUT2D eigenvalue weighted by Crippen LogP contribution is -2.40. The molecule has 0 aliphatic carbocycles. The van der Waals surface area contributed by atoms with E-state index in [2.05, 4.69) is 0 Å². The Balaban J connectivity index is 3.01. The second-order valence-electron chi connectivity index (χ2n) is 11.7. The first-order valence-corrected chi connectivity index (χ1v) is 14.5. The van der Waals surface area contributed by atoms with Crippen LogP contribution in [0.15, 0.2) is 18.2 Å². The van der Waals surface area contributed by atoms with Crippen molar-refractivity contribution in [1.29, 1.82) is 0 Å². The molecule has 1 rings (SSSR count). The standard InChI is InChI=1S/C31H49NO10/c1-16(2)19(7)28(33)37-22(10)23(11)38-29(34)25(32)14-24-12-13-26(41-30(35)39-20(8)17(3)4)27(15-24)42-31(36)40-21(9)18(5)6/h12-13,15-23,25H,14,32H2,1-11H3/t19?,20-,21?,22?,23?,25-/m0/s1. The first-order chi connectivity index (χ1) is 19.4. The SMILES string of the molecule is CC(C)C(C)OC(=O)Oc1cc(C[C@H](N)C(=O)OC(C)C(C)OC(=O)C(C)C(C)C)ccc1OC(=O)O[C@@H](C)C(C)C. The number of carbonyl (C=O) groups excluding carboxylic acids is 4. The minimum absolute atomic E-state index is 0.00696. The summed E-state index contributed by atoms with van der Waals surface area (Å²) in [7, 11) is 0. The van der Waals surface area contributed by atoms with E-state index in [0.717, 1.165) is 0 Å². The summed E-state index contributed by atoms with van der Waals surface area (Å²) in [5, 5.41) is 0. The second kappa shape index (κ2) is 16.9. The summed E-state index contributed by atoms with van der Waals surface area (Å²) in [6.07, 6.45) is -4.20. The van der Waals surface area contributed by atoms with Crippen LogP contribution in [-0.2, 0) is 35.0 Å². The average molecular weight is 596 g/mol. The Hall–Kier alpha value is -3.34. The van der Waals surface area contributed by atoms with Crippen molar-refractivity contribution in [2.75, 3.05) is 0 Å². The molecule has 238 valence electrons. The summed E-state index contributed by atoms with van der Waals surface area (Å²) in [6, 6.07) is 3.31. The lowest BCUT2D eigenvalue weighted by Gasteiger charge is -2.24. The minimum Gasteiger partial charge on any atom is -0.459 e. The largest absolute Gasteiger partial charge is 0.514 e. The van der Waals surface area contributed by atoms with Gasteiger partial charge in [0.25, 0.3) is 0 Å². The van der Waals surface area contributed by atoms with Crippen molar-refractivity contribution in [3.8, 4) is 11.5 Å². The smallest absolute Gasteiger partial charge is 0.459 e. The predicted octanol–water partition coefficient (Wildman–Crippen LogP) is 5.83. The summed E-state index contributed by atoms with van der Waals surface area (Å²) in [4.78, 5) is 49.8. The highest BCUT2D eigenvalue weighted by atomic mass is 16.8. The van der Waals surface area contributed by atoms with E-state index in [1.165, 1.54) is 12.1 Å². The number of carbonyl (C=O) groups is 4. The number of esters is 2. The van der Waals surface area contributed by atoms with Gasteiger partial charge in [0, 0.05) is 0 Å². The molecular formula is C31H49NO10. The van der Waals surface area contributed by atoms with E-state index in [0.29, 0.717) is 5.56 Å². The van der Waals surface area contributed by atoms with Crippen LogP contribution in [0.2, 0.25) is 0 Å². The predicted molar refractivity (Wildman–Crippen MR) is 156 cm³/mol. The fourth-order valence-electron chi connectivity index (χ4n) is 3.01. The van der Waals surface area contributed by atoms with Crippen molar-refractivity contribution >= 4 is 24.2 Å². The fourth-order valence-corrected chi connectivity index (χ4v) is 3.01. The molecule has 2 N–H and O–H groups in total. The lowest BCUT2D eigenvalue weighted by molar-refractivity contribution is -0.169. The van der Waals surface area contributed by atoms with Gasteiger partial charge in [-0.25, -0.2) is 9.59 Å². The van der Waals surface area contributed by atoms with E-state index < -0.39 is 48.7 Å². The first-order valence-electron chi connectivity index (χ1n) is 14.5.